The molecule has 0 saturated carbocycles. The summed E-state index contributed by atoms with van der Waals surface area (Å²) in [7, 11) is 2.05. The van der Waals surface area contributed by atoms with Gasteiger partial charge in [-0.05, 0) is 24.7 Å². The molecule has 1 unspecified atom stereocenters. The average Bonchev–Trinajstić information content (AvgIpc) is 3.06. The van der Waals surface area contributed by atoms with Crippen molar-refractivity contribution < 1.29 is 4.74 Å². The fourth-order valence-electron chi connectivity index (χ4n) is 3.23. The molecule has 28 heavy (non-hydrogen) atoms. The van der Waals surface area contributed by atoms with Crippen molar-refractivity contribution in [3.05, 3.63) is 50.4 Å². The molecule has 1 fully saturated rings. The lowest BCUT2D eigenvalue weighted by atomic mass is 10.2. The summed E-state index contributed by atoms with van der Waals surface area (Å²) in [5, 5.41) is 8.41. The van der Waals surface area contributed by atoms with Crippen LogP contribution in [0.2, 0.25) is 10.0 Å². The Kier molecular flexibility index (Phi) is 5.54. The molecule has 0 radical (unpaired) electrons. The van der Waals surface area contributed by atoms with Crippen molar-refractivity contribution in [2.45, 2.75) is 19.2 Å². The smallest absolute Gasteiger partial charge is 0.278 e. The fourth-order valence-corrected chi connectivity index (χ4v) is 3.55. The summed E-state index contributed by atoms with van der Waals surface area (Å²) in [6.07, 6.45) is 1.59. The van der Waals surface area contributed by atoms with Gasteiger partial charge in [-0.25, -0.2) is 4.98 Å². The molecule has 1 aliphatic rings. The number of nitrogens with zero attached hydrogens (tertiary/aromatic N) is 4. The normalized spacial score (nSPS) is 17.9. The van der Waals surface area contributed by atoms with Crippen molar-refractivity contribution >= 4 is 40.2 Å². The second kappa shape index (κ2) is 8.08. The van der Waals surface area contributed by atoms with Gasteiger partial charge in [0.1, 0.15) is 5.52 Å². The molecule has 1 aliphatic heterocycles. The maximum atomic E-state index is 12.6. The Labute approximate surface area is 171 Å². The van der Waals surface area contributed by atoms with Gasteiger partial charge in [0.05, 0.1) is 35.5 Å². The maximum absolute atomic E-state index is 12.6. The molecule has 1 aromatic carbocycles. The van der Waals surface area contributed by atoms with Gasteiger partial charge in [0.25, 0.3) is 5.56 Å². The number of benzene rings is 1. The van der Waals surface area contributed by atoms with Crippen molar-refractivity contribution in [2.24, 2.45) is 0 Å². The van der Waals surface area contributed by atoms with Crippen LogP contribution in [0.4, 0.5) is 5.95 Å². The van der Waals surface area contributed by atoms with Crippen molar-refractivity contribution in [3.63, 3.8) is 0 Å². The number of anilines is 1. The van der Waals surface area contributed by atoms with E-state index in [1.165, 1.54) is 0 Å². The molecule has 2 aromatic heterocycles. The van der Waals surface area contributed by atoms with Crippen LogP contribution >= 0.6 is 23.2 Å². The van der Waals surface area contributed by atoms with E-state index in [9.17, 15) is 4.79 Å². The Morgan fingerprint density at radius 1 is 1.36 bits per heavy atom. The third kappa shape index (κ3) is 4.15. The number of rotatable bonds is 5. The lowest BCUT2D eigenvalue weighted by Gasteiger charge is -2.29. The number of hydrogen-bond donors (Lipinski definition) is 2. The summed E-state index contributed by atoms with van der Waals surface area (Å²) in [5.41, 5.74) is 1.65. The number of hydrogen-bond acceptors (Lipinski definition) is 6. The first-order valence-corrected chi connectivity index (χ1v) is 9.69. The predicted molar refractivity (Wildman–Crippen MR) is 109 cm³/mol. The number of ether oxygens (including phenoxy) is 1. The van der Waals surface area contributed by atoms with Crippen LogP contribution in [0.3, 0.4) is 0 Å². The molecule has 2 N–H and O–H groups in total. The number of aromatic nitrogens is 4. The topological polar surface area (TPSA) is 88.1 Å². The summed E-state index contributed by atoms with van der Waals surface area (Å²) in [6.45, 7) is 3.34. The van der Waals surface area contributed by atoms with Crippen LogP contribution in [0, 0.1) is 0 Å². The van der Waals surface area contributed by atoms with E-state index < -0.39 is 0 Å². The molecule has 1 atom stereocenters. The summed E-state index contributed by atoms with van der Waals surface area (Å²) >= 11 is 12.0. The molecule has 0 amide bonds. The first-order valence-electron chi connectivity index (χ1n) is 8.93. The molecule has 10 heteroatoms. The Morgan fingerprint density at radius 3 is 3.00 bits per heavy atom. The molecule has 0 aliphatic carbocycles. The SMILES string of the molecule is CN1CCOC(Cn2ncc3nc(NCc4ccc(Cl)c(Cl)c4)[nH]c(=O)c32)C1. The summed E-state index contributed by atoms with van der Waals surface area (Å²) in [6, 6.07) is 5.36. The standard InChI is InChI=1S/C18H20Cl2N6O2/c1-25-4-5-28-12(9-25)10-26-16-15(8-22-26)23-18(24-17(16)27)21-7-11-2-3-13(19)14(20)6-11/h2-3,6,8,12H,4-5,7,9-10H2,1H3,(H2,21,23,24,27). The van der Waals surface area contributed by atoms with Crippen LogP contribution in [-0.2, 0) is 17.8 Å². The fraction of sp³-hybridized carbons (Fsp3) is 0.389. The number of H-pyrrole nitrogens is 1. The minimum atomic E-state index is -0.247. The van der Waals surface area contributed by atoms with Crippen LogP contribution in [0.25, 0.3) is 11.0 Å². The van der Waals surface area contributed by atoms with Crippen molar-refractivity contribution in [3.8, 4) is 0 Å². The number of likely N-dealkylation sites (N-methyl/N-ethyl adjacent to an activating group) is 1. The first kappa shape index (κ1) is 19.2. The van der Waals surface area contributed by atoms with E-state index in [0.29, 0.717) is 46.7 Å². The highest BCUT2D eigenvalue weighted by Gasteiger charge is 2.20. The highest BCUT2D eigenvalue weighted by Crippen LogP contribution is 2.23. The minimum absolute atomic E-state index is 0.00583. The van der Waals surface area contributed by atoms with Crippen molar-refractivity contribution in [2.75, 3.05) is 32.1 Å². The van der Waals surface area contributed by atoms with Gasteiger partial charge in [-0.3, -0.25) is 14.5 Å². The van der Waals surface area contributed by atoms with Gasteiger partial charge in [-0.1, -0.05) is 29.3 Å². The lowest BCUT2D eigenvalue weighted by molar-refractivity contribution is -0.0284. The minimum Gasteiger partial charge on any atom is -0.374 e. The van der Waals surface area contributed by atoms with E-state index in [0.717, 1.165) is 18.7 Å². The lowest BCUT2D eigenvalue weighted by Crippen LogP contribution is -2.42. The zero-order valence-electron chi connectivity index (χ0n) is 15.3. The van der Waals surface area contributed by atoms with Gasteiger partial charge in [-0.2, -0.15) is 5.10 Å². The van der Waals surface area contributed by atoms with Crippen LogP contribution in [0.15, 0.2) is 29.2 Å². The molecule has 0 spiro atoms. The third-order valence-corrected chi connectivity index (χ3v) is 5.40. The Hall–Kier alpha value is -2.13. The van der Waals surface area contributed by atoms with Gasteiger partial charge < -0.3 is 15.0 Å². The van der Waals surface area contributed by atoms with Crippen molar-refractivity contribution in [1.29, 1.82) is 0 Å². The highest BCUT2D eigenvalue weighted by atomic mass is 35.5. The van der Waals surface area contributed by atoms with Crippen LogP contribution < -0.4 is 10.9 Å². The van der Waals surface area contributed by atoms with E-state index in [-0.39, 0.29) is 11.7 Å². The zero-order chi connectivity index (χ0) is 19.7. The molecule has 8 nitrogen and oxygen atoms in total. The first-order chi connectivity index (χ1) is 13.5. The predicted octanol–water partition coefficient (Wildman–Crippen LogP) is 2.37. The molecule has 4 rings (SSSR count). The van der Waals surface area contributed by atoms with Gasteiger partial charge in [-0.15, -0.1) is 0 Å². The average molecular weight is 423 g/mol. The molecule has 3 aromatic rings. The van der Waals surface area contributed by atoms with Gasteiger partial charge in [0, 0.05) is 19.6 Å². The Bertz CT molecular complexity index is 1050. The number of nitrogens with one attached hydrogen (secondary N) is 2. The molecule has 3 heterocycles. The van der Waals surface area contributed by atoms with Gasteiger partial charge in [0.2, 0.25) is 5.95 Å². The molecule has 0 bridgehead atoms. The molecule has 148 valence electrons. The molecule has 1 saturated heterocycles. The highest BCUT2D eigenvalue weighted by molar-refractivity contribution is 6.42. The van der Waals surface area contributed by atoms with Crippen LogP contribution in [0.1, 0.15) is 5.56 Å². The quantitative estimate of drug-likeness (QED) is 0.655. The van der Waals surface area contributed by atoms with Crippen molar-refractivity contribution in [1.82, 2.24) is 24.6 Å². The monoisotopic (exact) mass is 422 g/mol. The number of morpholine rings is 1. The van der Waals surface area contributed by atoms with E-state index in [1.807, 2.05) is 6.07 Å². The summed E-state index contributed by atoms with van der Waals surface area (Å²) in [4.78, 5) is 22.0. The van der Waals surface area contributed by atoms with Crippen LogP contribution in [0.5, 0.6) is 0 Å². The second-order valence-corrected chi connectivity index (χ2v) is 7.65. The van der Waals surface area contributed by atoms with E-state index in [1.54, 1.807) is 23.0 Å². The van der Waals surface area contributed by atoms with Crippen LogP contribution in [-0.4, -0.2) is 57.5 Å². The summed E-state index contributed by atoms with van der Waals surface area (Å²) < 4.78 is 7.43. The number of halogens is 2. The van der Waals surface area contributed by atoms with Gasteiger partial charge in [0.15, 0.2) is 5.52 Å². The van der Waals surface area contributed by atoms with Gasteiger partial charge >= 0.3 is 0 Å². The van der Waals surface area contributed by atoms with E-state index in [2.05, 4.69) is 32.3 Å². The van der Waals surface area contributed by atoms with E-state index >= 15 is 0 Å². The molecular formula is C18H20Cl2N6O2. The number of aromatic amines is 1. The number of fused-ring (bicyclic) bond motifs is 1. The Morgan fingerprint density at radius 2 is 2.21 bits per heavy atom. The summed E-state index contributed by atoms with van der Waals surface area (Å²) in [5.74, 6) is 0.372. The zero-order valence-corrected chi connectivity index (χ0v) is 16.8. The Balaban J connectivity index is 1.51. The largest absolute Gasteiger partial charge is 0.374 e. The maximum Gasteiger partial charge on any atom is 0.278 e. The van der Waals surface area contributed by atoms with E-state index in [4.69, 9.17) is 27.9 Å². The third-order valence-electron chi connectivity index (χ3n) is 4.66. The second-order valence-electron chi connectivity index (χ2n) is 6.83. The molecular weight excluding hydrogens is 403 g/mol.